The van der Waals surface area contributed by atoms with Crippen LogP contribution in [-0.2, 0) is 4.79 Å². The van der Waals surface area contributed by atoms with E-state index in [1.165, 1.54) is 23.2 Å². The molecule has 1 aliphatic rings. The maximum absolute atomic E-state index is 12.7. The molecule has 1 aliphatic carbocycles. The Labute approximate surface area is 142 Å². The van der Waals surface area contributed by atoms with E-state index < -0.39 is 12.0 Å². The van der Waals surface area contributed by atoms with Gasteiger partial charge in [-0.1, -0.05) is 23.7 Å². The zero-order valence-electron chi connectivity index (χ0n) is 12.4. The lowest BCUT2D eigenvalue weighted by atomic mass is 10.2. The molecule has 1 saturated carbocycles. The third kappa shape index (κ3) is 3.38. The summed E-state index contributed by atoms with van der Waals surface area (Å²) in [6, 6.07) is 6.40. The number of aromatic nitrogens is 1. The molecule has 0 radical (unpaired) electrons. The molecule has 0 bridgehead atoms. The van der Waals surface area contributed by atoms with E-state index in [0.29, 0.717) is 10.0 Å². The maximum atomic E-state index is 12.7. The van der Waals surface area contributed by atoms with Gasteiger partial charge in [0.2, 0.25) is 0 Å². The van der Waals surface area contributed by atoms with E-state index >= 15 is 0 Å². The third-order valence-corrected chi connectivity index (χ3v) is 4.87. The van der Waals surface area contributed by atoms with Crippen LogP contribution in [0.25, 0.3) is 10.6 Å². The van der Waals surface area contributed by atoms with Crippen LogP contribution >= 0.6 is 22.9 Å². The average molecular weight is 351 g/mol. The molecular formula is C16H15ClN2O3S. The minimum atomic E-state index is -1.00. The SMILES string of the molecule is CC(C(=O)O)N(C(=O)c1csc(-c2cccc(Cl)c2)n1)C1CC1. The van der Waals surface area contributed by atoms with Crippen molar-refractivity contribution in [1.82, 2.24) is 9.88 Å². The molecular weight excluding hydrogens is 336 g/mol. The summed E-state index contributed by atoms with van der Waals surface area (Å²) in [5, 5.41) is 12.2. The number of hydrogen-bond donors (Lipinski definition) is 1. The van der Waals surface area contributed by atoms with Gasteiger partial charge in [-0.25, -0.2) is 9.78 Å². The number of benzene rings is 1. The Balaban J connectivity index is 1.86. The van der Waals surface area contributed by atoms with Crippen molar-refractivity contribution in [3.8, 4) is 10.6 Å². The maximum Gasteiger partial charge on any atom is 0.326 e. The Bertz CT molecular complexity index is 757. The zero-order chi connectivity index (χ0) is 16.6. The van der Waals surface area contributed by atoms with Crippen LogP contribution in [0.5, 0.6) is 0 Å². The number of amides is 1. The molecule has 5 nitrogen and oxygen atoms in total. The number of hydrogen-bond acceptors (Lipinski definition) is 4. The predicted molar refractivity (Wildman–Crippen MR) is 88.8 cm³/mol. The quantitative estimate of drug-likeness (QED) is 0.895. The van der Waals surface area contributed by atoms with Gasteiger partial charge in [-0.3, -0.25) is 4.79 Å². The van der Waals surface area contributed by atoms with E-state index in [4.69, 9.17) is 11.6 Å². The number of aliphatic carboxylic acids is 1. The molecule has 1 atom stereocenters. The summed E-state index contributed by atoms with van der Waals surface area (Å²) in [6.07, 6.45) is 1.68. The van der Waals surface area contributed by atoms with Crippen molar-refractivity contribution in [2.24, 2.45) is 0 Å². The normalized spacial score (nSPS) is 15.2. The molecule has 1 N–H and O–H groups in total. The Morgan fingerprint density at radius 2 is 2.17 bits per heavy atom. The van der Waals surface area contributed by atoms with Crippen molar-refractivity contribution in [2.75, 3.05) is 0 Å². The summed E-state index contributed by atoms with van der Waals surface area (Å²) < 4.78 is 0. The van der Waals surface area contributed by atoms with Crippen LogP contribution in [0, 0.1) is 0 Å². The highest BCUT2D eigenvalue weighted by atomic mass is 35.5. The van der Waals surface area contributed by atoms with Crippen LogP contribution in [0.15, 0.2) is 29.6 Å². The third-order valence-electron chi connectivity index (χ3n) is 3.74. The largest absolute Gasteiger partial charge is 0.480 e. The van der Waals surface area contributed by atoms with Crippen LogP contribution in [-0.4, -0.2) is 39.0 Å². The molecule has 120 valence electrons. The van der Waals surface area contributed by atoms with Crippen molar-refractivity contribution in [2.45, 2.75) is 31.8 Å². The van der Waals surface area contributed by atoms with Gasteiger partial charge in [-0.15, -0.1) is 11.3 Å². The molecule has 1 fully saturated rings. The highest BCUT2D eigenvalue weighted by Gasteiger charge is 2.39. The zero-order valence-corrected chi connectivity index (χ0v) is 14.0. The fourth-order valence-electron chi connectivity index (χ4n) is 2.39. The van der Waals surface area contributed by atoms with E-state index in [1.54, 1.807) is 17.5 Å². The number of nitrogens with zero attached hydrogens (tertiary/aromatic N) is 2. The summed E-state index contributed by atoms with van der Waals surface area (Å²) in [5.74, 6) is -1.33. The van der Waals surface area contributed by atoms with Gasteiger partial charge in [-0.2, -0.15) is 0 Å². The number of halogens is 1. The van der Waals surface area contributed by atoms with Gasteiger partial charge in [-0.05, 0) is 31.9 Å². The van der Waals surface area contributed by atoms with Crippen molar-refractivity contribution < 1.29 is 14.7 Å². The highest BCUT2D eigenvalue weighted by Crippen LogP contribution is 2.32. The number of carboxylic acid groups (broad SMARTS) is 1. The summed E-state index contributed by atoms with van der Waals surface area (Å²) in [6.45, 7) is 1.53. The minimum Gasteiger partial charge on any atom is -0.480 e. The van der Waals surface area contributed by atoms with Gasteiger partial charge in [0, 0.05) is 22.0 Å². The summed E-state index contributed by atoms with van der Waals surface area (Å²) in [4.78, 5) is 29.7. The van der Waals surface area contributed by atoms with Crippen molar-refractivity contribution in [1.29, 1.82) is 0 Å². The second-order valence-electron chi connectivity index (χ2n) is 5.51. The van der Waals surface area contributed by atoms with E-state index in [-0.39, 0.29) is 17.6 Å². The lowest BCUT2D eigenvalue weighted by Gasteiger charge is -2.25. The van der Waals surface area contributed by atoms with Crippen molar-refractivity contribution in [3.05, 3.63) is 40.4 Å². The molecule has 0 aliphatic heterocycles. The molecule has 1 unspecified atom stereocenters. The van der Waals surface area contributed by atoms with E-state index in [2.05, 4.69) is 4.98 Å². The number of thiazole rings is 1. The van der Waals surface area contributed by atoms with Gasteiger partial charge in [0.1, 0.15) is 16.7 Å². The first-order chi connectivity index (χ1) is 11.0. The number of carboxylic acids is 1. The topological polar surface area (TPSA) is 70.5 Å². The molecule has 0 saturated heterocycles. The first kappa shape index (κ1) is 16.0. The molecule has 1 aromatic heterocycles. The molecule has 23 heavy (non-hydrogen) atoms. The fourth-order valence-corrected chi connectivity index (χ4v) is 3.37. The Hall–Kier alpha value is -1.92. The van der Waals surface area contributed by atoms with Crippen molar-refractivity contribution >= 4 is 34.8 Å². The van der Waals surface area contributed by atoms with Gasteiger partial charge < -0.3 is 10.0 Å². The average Bonchev–Trinajstić information content (AvgIpc) is 3.22. The van der Waals surface area contributed by atoms with E-state index in [1.807, 2.05) is 12.1 Å². The molecule has 1 heterocycles. The second kappa shape index (κ2) is 6.29. The predicted octanol–water partition coefficient (Wildman–Crippen LogP) is 3.54. The van der Waals surface area contributed by atoms with E-state index in [9.17, 15) is 14.7 Å². The lowest BCUT2D eigenvalue weighted by molar-refractivity contribution is -0.141. The number of carbonyl (C=O) groups excluding carboxylic acids is 1. The molecule has 7 heteroatoms. The van der Waals surface area contributed by atoms with E-state index in [0.717, 1.165) is 18.4 Å². The summed E-state index contributed by atoms with van der Waals surface area (Å²) in [5.41, 5.74) is 1.12. The first-order valence-corrected chi connectivity index (χ1v) is 8.50. The van der Waals surface area contributed by atoms with Gasteiger partial charge >= 0.3 is 5.97 Å². The van der Waals surface area contributed by atoms with Crippen molar-refractivity contribution in [3.63, 3.8) is 0 Å². The Morgan fingerprint density at radius 1 is 1.43 bits per heavy atom. The highest BCUT2D eigenvalue weighted by molar-refractivity contribution is 7.13. The van der Waals surface area contributed by atoms with Gasteiger partial charge in [0.25, 0.3) is 5.91 Å². The second-order valence-corrected chi connectivity index (χ2v) is 6.80. The molecule has 0 spiro atoms. The van der Waals surface area contributed by atoms with Crippen LogP contribution in [0.1, 0.15) is 30.3 Å². The molecule has 1 aromatic carbocycles. The number of carbonyl (C=O) groups is 2. The first-order valence-electron chi connectivity index (χ1n) is 7.24. The van der Waals surface area contributed by atoms with Gasteiger partial charge in [0.15, 0.2) is 0 Å². The van der Waals surface area contributed by atoms with Crippen LogP contribution in [0.4, 0.5) is 0 Å². The fraction of sp³-hybridized carbons (Fsp3) is 0.312. The molecule has 1 amide bonds. The summed E-state index contributed by atoms with van der Waals surface area (Å²) >= 11 is 7.32. The molecule has 3 rings (SSSR count). The Morgan fingerprint density at radius 3 is 2.78 bits per heavy atom. The summed E-state index contributed by atoms with van der Waals surface area (Å²) in [7, 11) is 0. The van der Waals surface area contributed by atoms with Crippen LogP contribution in [0.2, 0.25) is 5.02 Å². The lowest BCUT2D eigenvalue weighted by Crippen LogP contribution is -2.44. The smallest absolute Gasteiger partial charge is 0.326 e. The van der Waals surface area contributed by atoms with Gasteiger partial charge in [0.05, 0.1) is 0 Å². The minimum absolute atomic E-state index is 0.00456. The number of rotatable bonds is 5. The molecule has 2 aromatic rings. The van der Waals surface area contributed by atoms with Crippen LogP contribution < -0.4 is 0 Å². The Kier molecular flexibility index (Phi) is 4.37. The monoisotopic (exact) mass is 350 g/mol. The standard InChI is InChI=1S/C16H15ClN2O3S/c1-9(16(21)22)19(12-5-6-12)15(20)13-8-23-14(18-13)10-3-2-4-11(17)7-10/h2-4,7-9,12H,5-6H2,1H3,(H,21,22). The van der Waals surface area contributed by atoms with Crippen LogP contribution in [0.3, 0.4) is 0 Å².